The highest BCUT2D eigenvalue weighted by Gasteiger charge is 2.29. The summed E-state index contributed by atoms with van der Waals surface area (Å²) in [5.41, 5.74) is 1.17. The van der Waals surface area contributed by atoms with Gasteiger partial charge in [0.05, 0.1) is 26.3 Å². The molecule has 0 aliphatic carbocycles. The quantitative estimate of drug-likeness (QED) is 0.730. The van der Waals surface area contributed by atoms with Crippen molar-refractivity contribution in [2.45, 2.75) is 12.6 Å². The maximum Gasteiger partial charge on any atom is 0.173 e. The average molecular weight is 346 g/mol. The molecule has 1 aliphatic heterocycles. The lowest BCUT2D eigenvalue weighted by atomic mass is 10.0. The van der Waals surface area contributed by atoms with Crippen LogP contribution in [0.15, 0.2) is 24.3 Å². The first-order chi connectivity index (χ1) is 12.2. The maximum atomic E-state index is 5.29. The molecule has 2 aromatic rings. The largest absolute Gasteiger partial charge is 0.497 e. The predicted octanol–water partition coefficient (Wildman–Crippen LogP) is 0.665. The second-order valence-electron chi connectivity index (χ2n) is 6.27. The average Bonchev–Trinajstić information content (AvgIpc) is 3.10. The molecule has 0 spiro atoms. The summed E-state index contributed by atoms with van der Waals surface area (Å²) in [4.78, 5) is 4.78. The van der Waals surface area contributed by atoms with Crippen molar-refractivity contribution >= 4 is 0 Å². The van der Waals surface area contributed by atoms with Gasteiger partial charge in [0.15, 0.2) is 5.82 Å². The van der Waals surface area contributed by atoms with Gasteiger partial charge in [0.2, 0.25) is 0 Å². The minimum absolute atomic E-state index is 0.0199. The third-order valence-electron chi connectivity index (χ3n) is 4.65. The third kappa shape index (κ3) is 4.15. The SMILES string of the molecule is COCCn1nnnc1C(c1ccc(OC)cc1)N1CCN(C)CC1. The molecule has 8 nitrogen and oxygen atoms in total. The van der Waals surface area contributed by atoms with Crippen LogP contribution in [0.25, 0.3) is 0 Å². The van der Waals surface area contributed by atoms with Crippen LogP contribution in [0.2, 0.25) is 0 Å². The van der Waals surface area contributed by atoms with Gasteiger partial charge in [-0.1, -0.05) is 12.1 Å². The number of ether oxygens (including phenoxy) is 2. The zero-order valence-corrected chi connectivity index (χ0v) is 15.1. The van der Waals surface area contributed by atoms with Crippen LogP contribution in [0.3, 0.4) is 0 Å². The van der Waals surface area contributed by atoms with Crippen molar-refractivity contribution in [3.05, 3.63) is 35.7 Å². The lowest BCUT2D eigenvalue weighted by Gasteiger charge is -2.37. The Balaban J connectivity index is 1.92. The minimum atomic E-state index is 0.0199. The fourth-order valence-electron chi connectivity index (χ4n) is 3.13. The van der Waals surface area contributed by atoms with Crippen LogP contribution in [-0.2, 0) is 11.3 Å². The Bertz CT molecular complexity index is 651. The number of hydrogen-bond acceptors (Lipinski definition) is 7. The van der Waals surface area contributed by atoms with Gasteiger partial charge in [-0.2, -0.15) is 0 Å². The van der Waals surface area contributed by atoms with Gasteiger partial charge >= 0.3 is 0 Å². The molecule has 2 heterocycles. The summed E-state index contributed by atoms with van der Waals surface area (Å²) < 4.78 is 12.3. The van der Waals surface area contributed by atoms with Crippen molar-refractivity contribution < 1.29 is 9.47 Å². The normalized spacial score (nSPS) is 17.6. The van der Waals surface area contributed by atoms with E-state index in [-0.39, 0.29) is 6.04 Å². The fraction of sp³-hybridized carbons (Fsp3) is 0.588. The maximum absolute atomic E-state index is 5.29. The lowest BCUT2D eigenvalue weighted by molar-refractivity contribution is 0.119. The Morgan fingerprint density at radius 1 is 1.08 bits per heavy atom. The highest BCUT2D eigenvalue weighted by atomic mass is 16.5. The molecule has 1 aromatic carbocycles. The van der Waals surface area contributed by atoms with E-state index >= 15 is 0 Å². The van der Waals surface area contributed by atoms with Crippen LogP contribution in [-0.4, -0.2) is 84.1 Å². The number of benzene rings is 1. The number of methoxy groups -OCH3 is 2. The zero-order valence-electron chi connectivity index (χ0n) is 15.1. The molecule has 1 aromatic heterocycles. The summed E-state index contributed by atoms with van der Waals surface area (Å²) in [5, 5.41) is 12.4. The summed E-state index contributed by atoms with van der Waals surface area (Å²) in [6.07, 6.45) is 0. The highest BCUT2D eigenvalue weighted by molar-refractivity contribution is 5.32. The van der Waals surface area contributed by atoms with E-state index in [4.69, 9.17) is 9.47 Å². The van der Waals surface area contributed by atoms with Crippen LogP contribution in [0, 0.1) is 0 Å². The summed E-state index contributed by atoms with van der Waals surface area (Å²) in [5.74, 6) is 1.70. The monoisotopic (exact) mass is 346 g/mol. The smallest absolute Gasteiger partial charge is 0.173 e. The molecule has 136 valence electrons. The molecule has 1 atom stereocenters. The van der Waals surface area contributed by atoms with Crippen LogP contribution in [0.1, 0.15) is 17.4 Å². The number of aromatic nitrogens is 4. The van der Waals surface area contributed by atoms with Gasteiger partial charge < -0.3 is 14.4 Å². The van der Waals surface area contributed by atoms with E-state index in [1.54, 1.807) is 14.2 Å². The molecule has 1 saturated heterocycles. The van der Waals surface area contributed by atoms with Gasteiger partial charge in [-0.25, -0.2) is 4.68 Å². The van der Waals surface area contributed by atoms with Gasteiger partial charge in [-0.15, -0.1) is 5.10 Å². The second kappa shape index (κ2) is 8.37. The van der Waals surface area contributed by atoms with Crippen molar-refractivity contribution in [3.63, 3.8) is 0 Å². The van der Waals surface area contributed by atoms with Crippen LogP contribution in [0.4, 0.5) is 0 Å². The Kier molecular flexibility index (Phi) is 5.95. The van der Waals surface area contributed by atoms with E-state index < -0.39 is 0 Å². The van der Waals surface area contributed by atoms with Gasteiger partial charge in [-0.3, -0.25) is 4.90 Å². The molecule has 1 fully saturated rings. The van der Waals surface area contributed by atoms with Gasteiger partial charge in [0.25, 0.3) is 0 Å². The number of hydrogen-bond donors (Lipinski definition) is 0. The van der Waals surface area contributed by atoms with E-state index in [2.05, 4.69) is 44.5 Å². The molecule has 25 heavy (non-hydrogen) atoms. The molecule has 0 radical (unpaired) electrons. The fourth-order valence-corrected chi connectivity index (χ4v) is 3.13. The minimum Gasteiger partial charge on any atom is -0.497 e. The van der Waals surface area contributed by atoms with E-state index in [0.717, 1.165) is 37.8 Å². The van der Waals surface area contributed by atoms with Crippen LogP contribution in [0.5, 0.6) is 5.75 Å². The summed E-state index contributed by atoms with van der Waals surface area (Å²) in [6.45, 7) is 5.24. The third-order valence-corrected chi connectivity index (χ3v) is 4.65. The Morgan fingerprint density at radius 3 is 2.44 bits per heavy atom. The molecule has 8 heteroatoms. The summed E-state index contributed by atoms with van der Waals surface area (Å²) in [7, 11) is 5.52. The first-order valence-corrected chi connectivity index (χ1v) is 8.54. The van der Waals surface area contributed by atoms with Crippen molar-refractivity contribution in [2.24, 2.45) is 0 Å². The topological polar surface area (TPSA) is 68.5 Å². The van der Waals surface area contributed by atoms with Crippen molar-refractivity contribution in [1.82, 2.24) is 30.0 Å². The number of likely N-dealkylation sites (N-methyl/N-ethyl adjacent to an activating group) is 1. The first-order valence-electron chi connectivity index (χ1n) is 8.54. The molecular weight excluding hydrogens is 320 g/mol. The highest BCUT2D eigenvalue weighted by Crippen LogP contribution is 2.29. The molecule has 3 rings (SSSR count). The zero-order chi connectivity index (χ0) is 17.6. The van der Waals surface area contributed by atoms with Crippen molar-refractivity contribution in [1.29, 1.82) is 0 Å². The molecule has 0 bridgehead atoms. The number of tetrazole rings is 1. The van der Waals surface area contributed by atoms with Crippen LogP contribution >= 0.6 is 0 Å². The number of piperazine rings is 1. The van der Waals surface area contributed by atoms with Crippen LogP contribution < -0.4 is 4.74 Å². The second-order valence-corrected chi connectivity index (χ2v) is 6.27. The number of rotatable bonds is 7. The molecule has 0 saturated carbocycles. The van der Waals surface area contributed by atoms with Gasteiger partial charge in [0.1, 0.15) is 5.75 Å². The molecular formula is C17H26N6O2. The Hall–Kier alpha value is -2.03. The molecule has 1 aliphatic rings. The summed E-state index contributed by atoms with van der Waals surface area (Å²) >= 11 is 0. The first kappa shape index (κ1) is 17.8. The van der Waals surface area contributed by atoms with E-state index in [1.807, 2.05) is 16.8 Å². The Morgan fingerprint density at radius 2 is 1.80 bits per heavy atom. The van der Waals surface area contributed by atoms with Gasteiger partial charge in [-0.05, 0) is 35.2 Å². The van der Waals surface area contributed by atoms with E-state index in [0.29, 0.717) is 13.2 Å². The standard InChI is InChI=1S/C17H26N6O2/c1-21-8-10-22(11-9-21)16(14-4-6-15(25-3)7-5-14)17-18-19-20-23(17)12-13-24-2/h4-7,16H,8-13H2,1-3H3. The molecule has 1 unspecified atom stereocenters. The van der Waals surface area contributed by atoms with Crippen molar-refractivity contribution in [2.75, 3.05) is 54.1 Å². The predicted molar refractivity (Wildman–Crippen MR) is 93.6 cm³/mol. The lowest BCUT2D eigenvalue weighted by Crippen LogP contribution is -2.46. The Labute approximate surface area is 148 Å². The number of nitrogens with zero attached hydrogens (tertiary/aromatic N) is 6. The van der Waals surface area contributed by atoms with E-state index in [1.165, 1.54) is 5.56 Å². The summed E-state index contributed by atoms with van der Waals surface area (Å²) in [6, 6.07) is 8.18. The molecule has 0 N–H and O–H groups in total. The van der Waals surface area contributed by atoms with Crippen molar-refractivity contribution in [3.8, 4) is 5.75 Å². The van der Waals surface area contributed by atoms with Gasteiger partial charge in [0, 0.05) is 33.3 Å². The molecule has 0 amide bonds. The van der Waals surface area contributed by atoms with E-state index in [9.17, 15) is 0 Å².